The number of hydrogen-bond acceptors (Lipinski definition) is 5. The second-order valence-electron chi connectivity index (χ2n) is 7.88. The van der Waals surface area contributed by atoms with Crippen molar-refractivity contribution in [3.05, 3.63) is 65.2 Å². The molecule has 0 aromatic heterocycles. The number of para-hydroxylation sites is 1. The number of piperazine rings is 1. The van der Waals surface area contributed by atoms with Gasteiger partial charge >= 0.3 is 12.0 Å². The van der Waals surface area contributed by atoms with Gasteiger partial charge in [-0.2, -0.15) is 0 Å². The summed E-state index contributed by atoms with van der Waals surface area (Å²) < 4.78 is 5.01. The van der Waals surface area contributed by atoms with Gasteiger partial charge in [-0.05, 0) is 38.1 Å². The summed E-state index contributed by atoms with van der Waals surface area (Å²) in [4.78, 5) is 52.0. The summed E-state index contributed by atoms with van der Waals surface area (Å²) in [6, 6.07) is 14.3. The fourth-order valence-electron chi connectivity index (χ4n) is 3.53. The van der Waals surface area contributed by atoms with Crippen LogP contribution in [0.5, 0.6) is 0 Å². The van der Waals surface area contributed by atoms with E-state index in [1.54, 1.807) is 34.1 Å². The number of rotatable bonds is 6. The average Bonchev–Trinajstić information content (AvgIpc) is 2.81. The smallest absolute Gasteiger partial charge is 0.325 e. The predicted molar refractivity (Wildman–Crippen MR) is 123 cm³/mol. The van der Waals surface area contributed by atoms with Gasteiger partial charge in [0, 0.05) is 37.4 Å². The molecule has 174 valence electrons. The molecule has 2 aromatic rings. The fraction of sp³-hybridized carbons (Fsp3) is 0.333. The maximum atomic E-state index is 12.3. The molecule has 9 nitrogen and oxygen atoms in total. The number of benzene rings is 2. The molecule has 3 rings (SSSR count). The molecule has 0 radical (unpaired) electrons. The van der Waals surface area contributed by atoms with E-state index in [1.165, 1.54) is 0 Å². The van der Waals surface area contributed by atoms with Gasteiger partial charge in [0.05, 0.1) is 0 Å². The number of hydrogen-bond donors (Lipinski definition) is 2. The zero-order valence-corrected chi connectivity index (χ0v) is 18.8. The molecule has 2 aromatic carbocycles. The predicted octanol–water partition coefficient (Wildman–Crippen LogP) is 1.95. The highest BCUT2D eigenvalue weighted by Gasteiger charge is 2.25. The van der Waals surface area contributed by atoms with Crippen molar-refractivity contribution >= 4 is 29.5 Å². The van der Waals surface area contributed by atoms with E-state index in [9.17, 15) is 19.2 Å². The van der Waals surface area contributed by atoms with Gasteiger partial charge < -0.3 is 25.2 Å². The van der Waals surface area contributed by atoms with Crippen molar-refractivity contribution in [2.75, 3.05) is 44.6 Å². The number of nitrogens with one attached hydrogen (secondary N) is 2. The lowest BCUT2D eigenvalue weighted by atomic mass is 10.1. The Bertz CT molecular complexity index is 997. The quantitative estimate of drug-likeness (QED) is 0.652. The van der Waals surface area contributed by atoms with E-state index in [1.807, 2.05) is 38.1 Å². The molecule has 0 bridgehead atoms. The molecule has 33 heavy (non-hydrogen) atoms. The third-order valence-electron chi connectivity index (χ3n) is 5.18. The van der Waals surface area contributed by atoms with E-state index < -0.39 is 12.6 Å². The van der Waals surface area contributed by atoms with Crippen LogP contribution < -0.4 is 10.6 Å². The Morgan fingerprint density at radius 1 is 0.879 bits per heavy atom. The van der Waals surface area contributed by atoms with Crippen LogP contribution in [-0.4, -0.2) is 72.9 Å². The highest BCUT2D eigenvalue weighted by atomic mass is 16.5. The number of nitrogens with zero attached hydrogens (tertiary/aromatic N) is 2. The summed E-state index contributed by atoms with van der Waals surface area (Å²) in [6.45, 7) is 4.50. The second kappa shape index (κ2) is 11.1. The molecule has 0 aliphatic carbocycles. The van der Waals surface area contributed by atoms with Gasteiger partial charge in [0.15, 0.2) is 6.61 Å². The highest BCUT2D eigenvalue weighted by molar-refractivity contribution is 5.96. The lowest BCUT2D eigenvalue weighted by Gasteiger charge is -2.34. The monoisotopic (exact) mass is 452 g/mol. The van der Waals surface area contributed by atoms with E-state index in [0.717, 1.165) is 11.1 Å². The van der Waals surface area contributed by atoms with Gasteiger partial charge in [-0.3, -0.25) is 14.4 Å². The summed E-state index contributed by atoms with van der Waals surface area (Å²) in [5.41, 5.74) is 3.07. The molecule has 1 aliphatic rings. The van der Waals surface area contributed by atoms with Crippen molar-refractivity contribution in [3.8, 4) is 0 Å². The third-order valence-corrected chi connectivity index (χ3v) is 5.18. The summed E-state index contributed by atoms with van der Waals surface area (Å²) in [7, 11) is 0. The maximum absolute atomic E-state index is 12.3. The largest absolute Gasteiger partial charge is 0.454 e. The zero-order chi connectivity index (χ0) is 23.8. The lowest BCUT2D eigenvalue weighted by molar-refractivity contribution is -0.151. The molecule has 0 unspecified atom stereocenters. The fourth-order valence-corrected chi connectivity index (χ4v) is 3.53. The number of urea groups is 1. The van der Waals surface area contributed by atoms with Crippen LogP contribution in [0, 0.1) is 13.8 Å². The van der Waals surface area contributed by atoms with Gasteiger partial charge in [-0.25, -0.2) is 4.79 Å². The van der Waals surface area contributed by atoms with Crippen molar-refractivity contribution in [1.29, 1.82) is 0 Å². The number of anilines is 1. The van der Waals surface area contributed by atoms with Crippen molar-refractivity contribution < 1.29 is 23.9 Å². The first kappa shape index (κ1) is 23.8. The number of ether oxygens (including phenoxy) is 1. The Labute approximate surface area is 192 Å². The molecule has 1 heterocycles. The first-order valence-electron chi connectivity index (χ1n) is 10.7. The van der Waals surface area contributed by atoms with Crippen LogP contribution in [-0.2, 0) is 14.3 Å². The van der Waals surface area contributed by atoms with E-state index in [0.29, 0.717) is 37.4 Å². The maximum Gasteiger partial charge on any atom is 0.325 e. The van der Waals surface area contributed by atoms with Crippen LogP contribution in [0.15, 0.2) is 48.5 Å². The number of aryl methyl sites for hydroxylation is 2. The summed E-state index contributed by atoms with van der Waals surface area (Å²) in [5, 5.41) is 5.32. The van der Waals surface area contributed by atoms with Crippen LogP contribution in [0.1, 0.15) is 21.5 Å². The number of carbonyl (C=O) groups is 4. The molecular formula is C24H28N4O5. The number of esters is 1. The Balaban J connectivity index is 1.36. The normalized spacial score (nSPS) is 13.3. The molecule has 1 fully saturated rings. The van der Waals surface area contributed by atoms with Gasteiger partial charge in [-0.1, -0.05) is 35.4 Å². The van der Waals surface area contributed by atoms with Gasteiger partial charge in [-0.15, -0.1) is 0 Å². The van der Waals surface area contributed by atoms with Crippen LogP contribution in [0.25, 0.3) is 0 Å². The molecule has 9 heteroatoms. The van der Waals surface area contributed by atoms with E-state index in [4.69, 9.17) is 4.74 Å². The van der Waals surface area contributed by atoms with Crippen molar-refractivity contribution in [3.63, 3.8) is 0 Å². The SMILES string of the molecule is Cc1cc(C)cc(C(=O)NCC(=O)OCC(=O)N2CCN(C(=O)Nc3ccccc3)CC2)c1. The van der Waals surface area contributed by atoms with Crippen LogP contribution in [0.2, 0.25) is 0 Å². The standard InChI is InChI=1S/C24H28N4O5/c1-17-12-18(2)14-19(13-17)23(31)25-15-22(30)33-16-21(29)27-8-10-28(11-9-27)24(32)26-20-6-4-3-5-7-20/h3-7,12-14H,8-11,15-16H2,1-2H3,(H,25,31)(H,26,32). The van der Waals surface area contributed by atoms with Crippen molar-refractivity contribution in [2.45, 2.75) is 13.8 Å². The van der Waals surface area contributed by atoms with Crippen molar-refractivity contribution in [1.82, 2.24) is 15.1 Å². The van der Waals surface area contributed by atoms with Gasteiger partial charge in [0.2, 0.25) is 0 Å². The minimum Gasteiger partial charge on any atom is -0.454 e. The van der Waals surface area contributed by atoms with Crippen LogP contribution >= 0.6 is 0 Å². The first-order chi connectivity index (χ1) is 15.8. The number of carbonyl (C=O) groups excluding carboxylic acids is 4. The second-order valence-corrected chi connectivity index (χ2v) is 7.88. The first-order valence-corrected chi connectivity index (χ1v) is 10.7. The summed E-state index contributed by atoms with van der Waals surface area (Å²) in [6.07, 6.45) is 0. The van der Waals surface area contributed by atoms with E-state index in [-0.39, 0.29) is 24.4 Å². The van der Waals surface area contributed by atoms with E-state index >= 15 is 0 Å². The molecular weight excluding hydrogens is 424 g/mol. The van der Waals surface area contributed by atoms with Crippen LogP contribution in [0.4, 0.5) is 10.5 Å². The topological polar surface area (TPSA) is 108 Å². The minimum atomic E-state index is -0.693. The van der Waals surface area contributed by atoms with Crippen molar-refractivity contribution in [2.24, 2.45) is 0 Å². The van der Waals surface area contributed by atoms with Crippen LogP contribution in [0.3, 0.4) is 0 Å². The molecule has 2 N–H and O–H groups in total. The zero-order valence-electron chi connectivity index (χ0n) is 18.8. The minimum absolute atomic E-state index is 0.223. The highest BCUT2D eigenvalue weighted by Crippen LogP contribution is 2.10. The molecule has 4 amide bonds. The Morgan fingerprint density at radius 3 is 2.12 bits per heavy atom. The number of amides is 4. The lowest BCUT2D eigenvalue weighted by Crippen LogP contribution is -2.52. The van der Waals surface area contributed by atoms with Gasteiger partial charge in [0.25, 0.3) is 11.8 Å². The molecule has 0 saturated carbocycles. The Hall–Kier alpha value is -3.88. The molecule has 1 aliphatic heterocycles. The third kappa shape index (κ3) is 7.06. The molecule has 1 saturated heterocycles. The van der Waals surface area contributed by atoms with Gasteiger partial charge in [0.1, 0.15) is 6.54 Å². The molecule has 0 spiro atoms. The summed E-state index contributed by atoms with van der Waals surface area (Å²) in [5.74, 6) is -1.41. The Kier molecular flexibility index (Phi) is 8.01. The van der Waals surface area contributed by atoms with E-state index in [2.05, 4.69) is 10.6 Å². The Morgan fingerprint density at radius 2 is 1.48 bits per heavy atom. The molecule has 0 atom stereocenters. The summed E-state index contributed by atoms with van der Waals surface area (Å²) >= 11 is 0. The average molecular weight is 453 g/mol.